The summed E-state index contributed by atoms with van der Waals surface area (Å²) in [5.41, 5.74) is 1.33. The fourth-order valence-corrected chi connectivity index (χ4v) is 2.34. The molecule has 0 atom stereocenters. The van der Waals surface area contributed by atoms with Crippen LogP contribution in [0.15, 0.2) is 24.3 Å². The van der Waals surface area contributed by atoms with Crippen molar-refractivity contribution in [1.82, 2.24) is 5.32 Å². The van der Waals surface area contributed by atoms with Crippen LogP contribution in [0, 0.1) is 5.92 Å². The van der Waals surface area contributed by atoms with Gasteiger partial charge in [-0.1, -0.05) is 26.0 Å². The van der Waals surface area contributed by atoms with Crippen LogP contribution in [0.5, 0.6) is 5.75 Å². The summed E-state index contributed by atoms with van der Waals surface area (Å²) in [7, 11) is 0. The van der Waals surface area contributed by atoms with E-state index in [0.717, 1.165) is 31.9 Å². The van der Waals surface area contributed by atoms with Crippen molar-refractivity contribution in [3.8, 4) is 5.75 Å². The first kappa shape index (κ1) is 17.4. The lowest BCUT2D eigenvalue weighted by atomic mass is 10.1. The van der Waals surface area contributed by atoms with Crippen molar-refractivity contribution in [2.24, 2.45) is 5.92 Å². The van der Waals surface area contributed by atoms with Gasteiger partial charge in [0.2, 0.25) is 0 Å². The maximum absolute atomic E-state index is 5.72. The molecular weight excluding hydrogens is 266 g/mol. The van der Waals surface area contributed by atoms with Crippen LogP contribution >= 0.6 is 11.8 Å². The summed E-state index contributed by atoms with van der Waals surface area (Å²) in [5, 5.41) is 3.49. The minimum atomic E-state index is 0.699. The number of thioether (sulfide) groups is 1. The van der Waals surface area contributed by atoms with Gasteiger partial charge in [0, 0.05) is 6.54 Å². The molecule has 1 N–H and O–H groups in total. The first-order valence-electron chi connectivity index (χ1n) is 7.63. The third-order valence-electron chi connectivity index (χ3n) is 3.17. The Morgan fingerprint density at radius 1 is 1.15 bits per heavy atom. The predicted molar refractivity (Wildman–Crippen MR) is 90.7 cm³/mol. The second-order valence-corrected chi connectivity index (χ2v) is 6.54. The van der Waals surface area contributed by atoms with Gasteiger partial charge in [0.05, 0.1) is 6.61 Å². The Balaban J connectivity index is 2.15. The summed E-state index contributed by atoms with van der Waals surface area (Å²) in [4.78, 5) is 0. The van der Waals surface area contributed by atoms with E-state index in [0.29, 0.717) is 5.92 Å². The fraction of sp³-hybridized carbons (Fsp3) is 0.647. The van der Waals surface area contributed by atoms with E-state index in [9.17, 15) is 0 Å². The molecule has 0 unspecified atom stereocenters. The standard InChI is InChI=1S/C17H29NOS/c1-15(2)10-12-19-17-8-6-16(7-9-17)14-18-11-4-5-13-20-3/h6-9,15,18H,4-5,10-14H2,1-3H3. The molecule has 20 heavy (non-hydrogen) atoms. The molecule has 0 heterocycles. The van der Waals surface area contributed by atoms with Crippen LogP contribution in [0.2, 0.25) is 0 Å². The number of ether oxygens (including phenoxy) is 1. The van der Waals surface area contributed by atoms with E-state index in [1.165, 1.54) is 24.2 Å². The van der Waals surface area contributed by atoms with Gasteiger partial charge >= 0.3 is 0 Å². The molecule has 3 heteroatoms. The van der Waals surface area contributed by atoms with E-state index in [-0.39, 0.29) is 0 Å². The monoisotopic (exact) mass is 295 g/mol. The molecule has 0 saturated carbocycles. The highest BCUT2D eigenvalue weighted by Gasteiger charge is 1.98. The zero-order valence-electron chi connectivity index (χ0n) is 13.2. The van der Waals surface area contributed by atoms with E-state index >= 15 is 0 Å². The molecule has 2 nitrogen and oxygen atoms in total. The predicted octanol–water partition coefficient (Wildman–Crippen LogP) is 4.34. The zero-order chi connectivity index (χ0) is 14.6. The highest BCUT2D eigenvalue weighted by atomic mass is 32.2. The summed E-state index contributed by atoms with van der Waals surface area (Å²) in [6.07, 6.45) is 5.84. The van der Waals surface area contributed by atoms with Crippen LogP contribution in [0.4, 0.5) is 0 Å². The largest absolute Gasteiger partial charge is 0.494 e. The van der Waals surface area contributed by atoms with Crippen LogP contribution in [-0.2, 0) is 6.54 Å². The lowest BCUT2D eigenvalue weighted by Gasteiger charge is -2.09. The van der Waals surface area contributed by atoms with E-state index in [1.807, 2.05) is 11.8 Å². The summed E-state index contributed by atoms with van der Waals surface area (Å²) in [6.45, 7) is 7.30. The average molecular weight is 295 g/mol. The lowest BCUT2D eigenvalue weighted by Crippen LogP contribution is -2.14. The maximum Gasteiger partial charge on any atom is 0.119 e. The van der Waals surface area contributed by atoms with Gasteiger partial charge in [0.25, 0.3) is 0 Å². The second-order valence-electron chi connectivity index (χ2n) is 5.55. The number of hydrogen-bond acceptors (Lipinski definition) is 3. The van der Waals surface area contributed by atoms with E-state index in [2.05, 4.69) is 49.7 Å². The van der Waals surface area contributed by atoms with Crippen LogP contribution < -0.4 is 10.1 Å². The van der Waals surface area contributed by atoms with Crippen LogP contribution in [0.25, 0.3) is 0 Å². The molecule has 0 aliphatic carbocycles. The zero-order valence-corrected chi connectivity index (χ0v) is 14.0. The molecule has 0 saturated heterocycles. The van der Waals surface area contributed by atoms with Crippen molar-refractivity contribution in [2.45, 2.75) is 39.7 Å². The molecule has 0 spiro atoms. The smallest absolute Gasteiger partial charge is 0.119 e. The van der Waals surface area contributed by atoms with Gasteiger partial charge in [-0.05, 0) is 61.4 Å². The van der Waals surface area contributed by atoms with Gasteiger partial charge < -0.3 is 10.1 Å². The van der Waals surface area contributed by atoms with Crippen LogP contribution in [0.3, 0.4) is 0 Å². The minimum Gasteiger partial charge on any atom is -0.494 e. The van der Waals surface area contributed by atoms with Crippen LogP contribution in [-0.4, -0.2) is 25.2 Å². The topological polar surface area (TPSA) is 21.3 Å². The van der Waals surface area contributed by atoms with Gasteiger partial charge in [0.1, 0.15) is 5.75 Å². The van der Waals surface area contributed by atoms with Gasteiger partial charge in [0.15, 0.2) is 0 Å². The first-order valence-corrected chi connectivity index (χ1v) is 9.03. The molecular formula is C17H29NOS. The molecule has 0 amide bonds. The summed E-state index contributed by atoms with van der Waals surface area (Å²) >= 11 is 1.92. The van der Waals surface area contributed by atoms with E-state index in [1.54, 1.807) is 0 Å². The van der Waals surface area contributed by atoms with Crippen molar-refractivity contribution < 1.29 is 4.74 Å². The maximum atomic E-state index is 5.72. The number of unbranched alkanes of at least 4 members (excludes halogenated alkanes) is 1. The molecule has 0 bridgehead atoms. The van der Waals surface area contributed by atoms with E-state index in [4.69, 9.17) is 4.74 Å². The normalized spacial score (nSPS) is 11.0. The first-order chi connectivity index (χ1) is 9.72. The highest BCUT2D eigenvalue weighted by Crippen LogP contribution is 2.13. The van der Waals surface area contributed by atoms with Crippen molar-refractivity contribution in [1.29, 1.82) is 0 Å². The van der Waals surface area contributed by atoms with Gasteiger partial charge in [-0.3, -0.25) is 0 Å². The second kappa shape index (κ2) is 11.0. The van der Waals surface area contributed by atoms with E-state index < -0.39 is 0 Å². The Morgan fingerprint density at radius 3 is 2.55 bits per heavy atom. The molecule has 1 rings (SSSR count). The highest BCUT2D eigenvalue weighted by molar-refractivity contribution is 7.98. The molecule has 0 radical (unpaired) electrons. The molecule has 1 aromatic rings. The summed E-state index contributed by atoms with van der Waals surface area (Å²) < 4.78 is 5.72. The summed E-state index contributed by atoms with van der Waals surface area (Å²) in [6, 6.07) is 8.45. The Hall–Kier alpha value is -0.670. The van der Waals surface area contributed by atoms with Gasteiger partial charge in [-0.25, -0.2) is 0 Å². The van der Waals surface area contributed by atoms with Gasteiger partial charge in [-0.15, -0.1) is 0 Å². The molecule has 114 valence electrons. The average Bonchev–Trinajstić information content (AvgIpc) is 2.44. The Labute approximate surface area is 128 Å². The number of hydrogen-bond donors (Lipinski definition) is 1. The van der Waals surface area contributed by atoms with Crippen molar-refractivity contribution in [3.63, 3.8) is 0 Å². The third kappa shape index (κ3) is 8.49. The SMILES string of the molecule is CSCCCCNCc1ccc(OCCC(C)C)cc1. The third-order valence-corrected chi connectivity index (χ3v) is 3.87. The molecule has 0 fully saturated rings. The fourth-order valence-electron chi connectivity index (χ4n) is 1.85. The molecule has 0 aliphatic heterocycles. The lowest BCUT2D eigenvalue weighted by molar-refractivity contribution is 0.289. The van der Waals surface area contributed by atoms with Crippen LogP contribution in [0.1, 0.15) is 38.7 Å². The quantitative estimate of drug-likeness (QED) is 0.613. The number of benzene rings is 1. The molecule has 0 aromatic heterocycles. The van der Waals surface area contributed by atoms with Gasteiger partial charge in [-0.2, -0.15) is 11.8 Å². The summed E-state index contributed by atoms with van der Waals surface area (Å²) in [5.74, 6) is 2.95. The minimum absolute atomic E-state index is 0.699. The van der Waals surface area contributed by atoms with Crippen molar-refractivity contribution in [2.75, 3.05) is 25.2 Å². The number of rotatable bonds is 11. The van der Waals surface area contributed by atoms with Crippen molar-refractivity contribution >= 4 is 11.8 Å². The number of nitrogens with one attached hydrogen (secondary N) is 1. The molecule has 1 aromatic carbocycles. The van der Waals surface area contributed by atoms with Crippen molar-refractivity contribution in [3.05, 3.63) is 29.8 Å². The molecule has 0 aliphatic rings. The Kier molecular flexibility index (Phi) is 9.60. The Bertz CT molecular complexity index is 337. The Morgan fingerprint density at radius 2 is 1.90 bits per heavy atom.